The van der Waals surface area contributed by atoms with Crippen molar-refractivity contribution < 1.29 is 23.9 Å². The van der Waals surface area contributed by atoms with Crippen molar-refractivity contribution in [1.29, 1.82) is 0 Å². The fourth-order valence-electron chi connectivity index (χ4n) is 1.56. The van der Waals surface area contributed by atoms with E-state index < -0.39 is 11.9 Å². The molecule has 7 heteroatoms. The van der Waals surface area contributed by atoms with E-state index in [-0.39, 0.29) is 37.8 Å². The predicted octanol–water partition coefficient (Wildman–Crippen LogP) is -0.924. The Bertz CT molecular complexity index is 318. The van der Waals surface area contributed by atoms with Crippen LogP contribution in [0.4, 0.5) is 0 Å². The van der Waals surface area contributed by atoms with Crippen LogP contribution in [0, 0.1) is 5.92 Å². The highest BCUT2D eigenvalue weighted by molar-refractivity contribution is 5.88. The lowest BCUT2D eigenvalue weighted by atomic mass is 10.0. The van der Waals surface area contributed by atoms with E-state index in [0.717, 1.165) is 5.01 Å². The summed E-state index contributed by atoms with van der Waals surface area (Å²) in [4.78, 5) is 34.3. The molecule has 1 unspecified atom stereocenters. The van der Waals surface area contributed by atoms with Gasteiger partial charge in [0.15, 0.2) is 0 Å². The van der Waals surface area contributed by atoms with Gasteiger partial charge in [-0.3, -0.25) is 24.8 Å². The molecule has 7 nitrogen and oxygen atoms in total. The minimum Gasteiger partial charge on any atom is -0.469 e. The van der Waals surface area contributed by atoms with Gasteiger partial charge in [-0.25, -0.2) is 0 Å². The molecule has 0 aliphatic carbocycles. The van der Waals surface area contributed by atoms with E-state index in [4.69, 9.17) is 4.74 Å². The topological polar surface area (TPSA) is 84.9 Å². The molecule has 0 aromatic rings. The molecule has 1 atom stereocenters. The SMILES string of the molecule is COCCC(=O)N1CC(C(=O)OC)CC(=O)N1. The number of carbonyl (C=O) groups excluding carboxylic acids is 3. The second kappa shape index (κ2) is 6.19. The minimum absolute atomic E-state index is 0.0424. The van der Waals surface area contributed by atoms with Gasteiger partial charge < -0.3 is 9.47 Å². The number of nitrogens with one attached hydrogen (secondary N) is 1. The van der Waals surface area contributed by atoms with Gasteiger partial charge in [-0.15, -0.1) is 0 Å². The van der Waals surface area contributed by atoms with Crippen LogP contribution in [0.5, 0.6) is 0 Å². The Balaban J connectivity index is 2.58. The summed E-state index contributed by atoms with van der Waals surface area (Å²) in [5, 5.41) is 1.15. The van der Waals surface area contributed by atoms with Gasteiger partial charge in [0.1, 0.15) is 0 Å². The standard InChI is InChI=1S/C10H16N2O5/c1-16-4-3-9(14)12-6-7(10(15)17-2)5-8(13)11-12/h7H,3-6H2,1-2H3,(H,11,13). The number of hydrogen-bond acceptors (Lipinski definition) is 5. The van der Waals surface area contributed by atoms with Crippen molar-refractivity contribution in [2.45, 2.75) is 12.8 Å². The van der Waals surface area contributed by atoms with E-state index in [1.807, 2.05) is 0 Å². The van der Waals surface area contributed by atoms with Gasteiger partial charge in [-0.2, -0.15) is 0 Å². The Morgan fingerprint density at radius 2 is 2.18 bits per heavy atom. The number of rotatable bonds is 4. The normalized spacial score (nSPS) is 19.8. The van der Waals surface area contributed by atoms with Gasteiger partial charge in [-0.1, -0.05) is 0 Å². The average molecular weight is 244 g/mol. The highest BCUT2D eigenvalue weighted by atomic mass is 16.5. The van der Waals surface area contributed by atoms with Crippen molar-refractivity contribution in [2.24, 2.45) is 5.92 Å². The summed E-state index contributed by atoms with van der Waals surface area (Å²) in [7, 11) is 2.74. The number of carbonyl (C=O) groups is 3. The molecule has 0 spiro atoms. The summed E-state index contributed by atoms with van der Waals surface area (Å²) in [5.41, 5.74) is 2.42. The highest BCUT2D eigenvalue weighted by Gasteiger charge is 2.32. The fourth-order valence-corrected chi connectivity index (χ4v) is 1.56. The summed E-state index contributed by atoms with van der Waals surface area (Å²) >= 11 is 0. The molecule has 96 valence electrons. The first kappa shape index (κ1) is 13.4. The quantitative estimate of drug-likeness (QED) is 0.646. The van der Waals surface area contributed by atoms with Crippen molar-refractivity contribution in [3.05, 3.63) is 0 Å². The summed E-state index contributed by atoms with van der Waals surface area (Å²) in [5.74, 6) is -1.73. The summed E-state index contributed by atoms with van der Waals surface area (Å²) in [6.45, 7) is 0.412. The molecular formula is C10H16N2O5. The Labute approximate surface area is 99.0 Å². The first-order chi connectivity index (χ1) is 8.08. The molecule has 1 heterocycles. The van der Waals surface area contributed by atoms with Crippen molar-refractivity contribution in [3.8, 4) is 0 Å². The number of hydrazine groups is 1. The molecule has 17 heavy (non-hydrogen) atoms. The van der Waals surface area contributed by atoms with E-state index >= 15 is 0 Å². The monoisotopic (exact) mass is 244 g/mol. The van der Waals surface area contributed by atoms with Crippen LogP contribution in [-0.2, 0) is 23.9 Å². The third kappa shape index (κ3) is 3.70. The highest BCUT2D eigenvalue weighted by Crippen LogP contribution is 2.13. The second-order valence-electron chi connectivity index (χ2n) is 3.71. The third-order valence-corrected chi connectivity index (χ3v) is 2.45. The van der Waals surface area contributed by atoms with E-state index in [0.29, 0.717) is 0 Å². The zero-order chi connectivity index (χ0) is 12.8. The lowest BCUT2D eigenvalue weighted by Gasteiger charge is -2.31. The van der Waals surface area contributed by atoms with Crippen molar-refractivity contribution >= 4 is 17.8 Å². The van der Waals surface area contributed by atoms with Gasteiger partial charge in [0.2, 0.25) is 11.8 Å². The van der Waals surface area contributed by atoms with Crippen LogP contribution in [0.3, 0.4) is 0 Å². The van der Waals surface area contributed by atoms with Crippen molar-refractivity contribution in [2.75, 3.05) is 27.4 Å². The largest absolute Gasteiger partial charge is 0.469 e. The molecule has 0 saturated carbocycles. The molecule has 1 fully saturated rings. The maximum Gasteiger partial charge on any atom is 0.311 e. The van der Waals surface area contributed by atoms with E-state index in [9.17, 15) is 14.4 Å². The first-order valence-corrected chi connectivity index (χ1v) is 5.25. The maximum absolute atomic E-state index is 11.6. The molecule has 0 radical (unpaired) electrons. The number of amides is 2. The van der Waals surface area contributed by atoms with Crippen LogP contribution < -0.4 is 5.43 Å². The predicted molar refractivity (Wildman–Crippen MR) is 56.5 cm³/mol. The number of nitrogens with zero attached hydrogens (tertiary/aromatic N) is 1. The maximum atomic E-state index is 11.6. The Morgan fingerprint density at radius 1 is 1.47 bits per heavy atom. The van der Waals surface area contributed by atoms with Gasteiger partial charge in [0.25, 0.3) is 0 Å². The molecule has 0 aromatic heterocycles. The molecule has 0 aromatic carbocycles. The van der Waals surface area contributed by atoms with Crippen LogP contribution in [-0.4, -0.2) is 50.2 Å². The molecular weight excluding hydrogens is 228 g/mol. The molecule has 0 bridgehead atoms. The summed E-state index contributed by atoms with van der Waals surface area (Å²) in [6.07, 6.45) is 0.200. The van der Waals surface area contributed by atoms with Gasteiger partial charge in [-0.05, 0) is 0 Å². The number of methoxy groups -OCH3 is 2. The van der Waals surface area contributed by atoms with Crippen molar-refractivity contribution in [1.82, 2.24) is 10.4 Å². The molecule has 1 aliphatic heterocycles. The Kier molecular flexibility index (Phi) is 4.89. The Morgan fingerprint density at radius 3 is 2.76 bits per heavy atom. The first-order valence-electron chi connectivity index (χ1n) is 5.25. The van der Waals surface area contributed by atoms with E-state index in [2.05, 4.69) is 10.2 Å². The lowest BCUT2D eigenvalue weighted by molar-refractivity contribution is -0.157. The molecule has 2 amide bonds. The van der Waals surface area contributed by atoms with Gasteiger partial charge >= 0.3 is 5.97 Å². The van der Waals surface area contributed by atoms with E-state index in [1.165, 1.54) is 14.2 Å². The van der Waals surface area contributed by atoms with Crippen LogP contribution in [0.1, 0.15) is 12.8 Å². The summed E-state index contributed by atoms with van der Waals surface area (Å²) < 4.78 is 9.34. The molecule has 1 rings (SSSR count). The van der Waals surface area contributed by atoms with Crippen LogP contribution in [0.15, 0.2) is 0 Å². The molecule has 1 N–H and O–H groups in total. The smallest absolute Gasteiger partial charge is 0.311 e. The number of ether oxygens (including phenoxy) is 2. The molecule has 1 aliphatic rings. The zero-order valence-corrected chi connectivity index (χ0v) is 9.89. The second-order valence-corrected chi connectivity index (χ2v) is 3.71. The van der Waals surface area contributed by atoms with Crippen LogP contribution >= 0.6 is 0 Å². The van der Waals surface area contributed by atoms with Gasteiger partial charge in [0, 0.05) is 13.5 Å². The van der Waals surface area contributed by atoms with Crippen molar-refractivity contribution in [3.63, 3.8) is 0 Å². The van der Waals surface area contributed by atoms with Gasteiger partial charge in [0.05, 0.1) is 32.6 Å². The fraction of sp³-hybridized carbons (Fsp3) is 0.700. The lowest BCUT2D eigenvalue weighted by Crippen LogP contribution is -2.54. The van der Waals surface area contributed by atoms with Crippen LogP contribution in [0.25, 0.3) is 0 Å². The van der Waals surface area contributed by atoms with E-state index in [1.54, 1.807) is 0 Å². The Hall–Kier alpha value is -1.63. The summed E-state index contributed by atoms with van der Waals surface area (Å²) in [6, 6.07) is 0. The third-order valence-electron chi connectivity index (χ3n) is 2.45. The minimum atomic E-state index is -0.597. The average Bonchev–Trinajstić information content (AvgIpc) is 2.34. The number of esters is 1. The zero-order valence-electron chi connectivity index (χ0n) is 9.89. The molecule has 1 saturated heterocycles. The number of hydrogen-bond donors (Lipinski definition) is 1. The van der Waals surface area contributed by atoms with Crippen LogP contribution in [0.2, 0.25) is 0 Å².